The molecule has 1 aliphatic rings. The average Bonchev–Trinajstić information content (AvgIpc) is 3.56. The van der Waals surface area contributed by atoms with E-state index in [1.807, 2.05) is 38.4 Å². The zero-order valence-electron chi connectivity index (χ0n) is 23.5. The number of nitrogens with one attached hydrogen (secondary N) is 1. The molecule has 10 nitrogen and oxygen atoms in total. The number of nitrogens with zero attached hydrogens (tertiary/aromatic N) is 6. The van der Waals surface area contributed by atoms with Gasteiger partial charge in [-0.2, -0.15) is 0 Å². The van der Waals surface area contributed by atoms with Gasteiger partial charge in [0.05, 0.1) is 26.0 Å². The summed E-state index contributed by atoms with van der Waals surface area (Å²) in [7, 11) is 5.08. The van der Waals surface area contributed by atoms with Crippen LogP contribution < -0.4 is 4.74 Å². The van der Waals surface area contributed by atoms with Crippen LogP contribution in [-0.4, -0.2) is 99.9 Å². The highest BCUT2D eigenvalue weighted by Crippen LogP contribution is 2.31. The number of aromatic nitrogens is 5. The first-order valence-electron chi connectivity index (χ1n) is 13.5. The van der Waals surface area contributed by atoms with Crippen LogP contribution in [0.3, 0.4) is 0 Å². The van der Waals surface area contributed by atoms with E-state index in [4.69, 9.17) is 9.47 Å². The fourth-order valence-corrected chi connectivity index (χ4v) is 5.35. The summed E-state index contributed by atoms with van der Waals surface area (Å²) in [6, 6.07) is 5.60. The monoisotopic (exact) mass is 549 g/mol. The highest BCUT2D eigenvalue weighted by Gasteiger charge is 2.26. The molecule has 0 aliphatic carbocycles. The highest BCUT2D eigenvalue weighted by molar-refractivity contribution is 5.98. The number of rotatable bonds is 11. The number of carbonyl (C=O) groups excluding carboxylic acids is 1. The van der Waals surface area contributed by atoms with E-state index in [9.17, 15) is 4.79 Å². The fourth-order valence-electron chi connectivity index (χ4n) is 5.35. The molecule has 4 heterocycles. The van der Waals surface area contributed by atoms with Crippen LogP contribution in [-0.2, 0) is 29.4 Å². The minimum Gasteiger partial charge on any atom is -0.480 e. The maximum Gasteiger partial charge on any atom is 0.236 e. The van der Waals surface area contributed by atoms with Gasteiger partial charge in [0.15, 0.2) is 11.6 Å². The number of methoxy groups -OCH3 is 2. The van der Waals surface area contributed by atoms with E-state index in [1.165, 1.54) is 6.20 Å². The minimum atomic E-state index is -0.512. The van der Waals surface area contributed by atoms with Gasteiger partial charge in [0, 0.05) is 94.1 Å². The predicted octanol–water partition coefficient (Wildman–Crippen LogP) is 2.86. The Kier molecular flexibility index (Phi) is 8.53. The molecule has 0 bridgehead atoms. The van der Waals surface area contributed by atoms with Gasteiger partial charge in [-0.15, -0.1) is 5.10 Å². The first-order valence-corrected chi connectivity index (χ1v) is 13.5. The number of aryl methyl sites for hydroxylation is 1. The molecule has 1 atom stereocenters. The second-order valence-electron chi connectivity index (χ2n) is 10.2. The molecule has 1 fully saturated rings. The summed E-state index contributed by atoms with van der Waals surface area (Å²) in [6.07, 6.45) is 5.43. The number of hydrogen-bond donors (Lipinski definition) is 1. The van der Waals surface area contributed by atoms with Gasteiger partial charge in [0.2, 0.25) is 5.88 Å². The highest BCUT2D eigenvalue weighted by atomic mass is 19.1. The normalized spacial score (nSPS) is 15.5. The van der Waals surface area contributed by atoms with Crippen molar-refractivity contribution in [2.45, 2.75) is 25.8 Å². The molecule has 212 valence electrons. The van der Waals surface area contributed by atoms with Gasteiger partial charge in [-0.1, -0.05) is 18.2 Å². The summed E-state index contributed by atoms with van der Waals surface area (Å²) in [5, 5.41) is 5.08. The molecule has 1 N–H and O–H groups in total. The molecule has 0 unspecified atom stereocenters. The first kappa shape index (κ1) is 27.9. The molecule has 0 radical (unpaired) electrons. The van der Waals surface area contributed by atoms with E-state index in [0.29, 0.717) is 30.1 Å². The lowest BCUT2D eigenvalue weighted by molar-refractivity contribution is -0.123. The number of piperazine rings is 1. The summed E-state index contributed by atoms with van der Waals surface area (Å²) in [5.74, 6) is 0.595. The summed E-state index contributed by atoms with van der Waals surface area (Å²) >= 11 is 0. The second kappa shape index (κ2) is 12.2. The van der Waals surface area contributed by atoms with Crippen LogP contribution in [0.15, 0.2) is 36.8 Å². The lowest BCUT2D eigenvalue weighted by Gasteiger charge is -2.37. The Bertz CT molecular complexity index is 1480. The van der Waals surface area contributed by atoms with Crippen molar-refractivity contribution in [1.29, 1.82) is 0 Å². The van der Waals surface area contributed by atoms with Crippen LogP contribution in [0.4, 0.5) is 4.39 Å². The van der Waals surface area contributed by atoms with E-state index >= 15 is 4.39 Å². The number of para-hydroxylation sites is 1. The Balaban J connectivity index is 1.33. The number of aromatic amines is 1. The Hall–Kier alpha value is -3.67. The van der Waals surface area contributed by atoms with E-state index < -0.39 is 5.82 Å². The number of benzene rings is 1. The molecule has 1 aliphatic heterocycles. The third-order valence-corrected chi connectivity index (χ3v) is 7.66. The zero-order chi connectivity index (χ0) is 28.2. The maximum atomic E-state index is 15.0. The van der Waals surface area contributed by atoms with Crippen molar-refractivity contribution in [2.24, 2.45) is 7.05 Å². The predicted molar refractivity (Wildman–Crippen MR) is 150 cm³/mol. The number of fused-ring (bicyclic) bond motifs is 1. The Morgan fingerprint density at radius 2 is 1.98 bits per heavy atom. The number of hydrogen-bond acceptors (Lipinski definition) is 8. The smallest absolute Gasteiger partial charge is 0.236 e. The third-order valence-electron chi connectivity index (χ3n) is 7.66. The molecule has 0 amide bonds. The van der Waals surface area contributed by atoms with E-state index in [-0.39, 0.29) is 17.5 Å². The van der Waals surface area contributed by atoms with E-state index in [0.717, 1.165) is 61.4 Å². The largest absolute Gasteiger partial charge is 0.480 e. The number of Topliss-reactive ketones (excluding diaryl/α,β-unsaturated/α-hetero) is 1. The van der Waals surface area contributed by atoms with Crippen molar-refractivity contribution in [2.75, 3.05) is 53.6 Å². The average molecular weight is 550 g/mol. The van der Waals surface area contributed by atoms with Crippen LogP contribution in [0.2, 0.25) is 0 Å². The molecule has 0 saturated carbocycles. The molecule has 1 aromatic carbocycles. The molecule has 11 heteroatoms. The van der Waals surface area contributed by atoms with Crippen molar-refractivity contribution >= 4 is 16.7 Å². The van der Waals surface area contributed by atoms with Crippen LogP contribution in [0.1, 0.15) is 23.9 Å². The number of ketones is 1. The molecule has 1 saturated heterocycles. The van der Waals surface area contributed by atoms with Crippen LogP contribution >= 0.6 is 0 Å². The van der Waals surface area contributed by atoms with E-state index in [2.05, 4.69) is 29.9 Å². The van der Waals surface area contributed by atoms with Gasteiger partial charge in [0.25, 0.3) is 0 Å². The van der Waals surface area contributed by atoms with Crippen molar-refractivity contribution in [3.8, 4) is 17.1 Å². The standard InChI is InChI=1S/C29H36FN7O3/c1-19(37-10-8-36(9-11-37)12-13-39-3)25(38)14-20-6-5-7-22-23(16-32-27(20)22)28-24(30)17-31-26(33-28)15-21-18-35(2)34-29(21)40-4/h5-7,16-19,32H,8-15H2,1-4H3/t19-/m1/s1. The lowest BCUT2D eigenvalue weighted by Crippen LogP contribution is -2.52. The molecule has 3 aromatic heterocycles. The number of carbonyl (C=O) groups is 1. The van der Waals surface area contributed by atoms with Crippen LogP contribution in [0.5, 0.6) is 5.88 Å². The molecular formula is C29H36FN7O3. The van der Waals surface area contributed by atoms with Crippen molar-refractivity contribution in [1.82, 2.24) is 34.5 Å². The zero-order valence-corrected chi connectivity index (χ0v) is 23.5. The van der Waals surface area contributed by atoms with Gasteiger partial charge in [0.1, 0.15) is 11.5 Å². The van der Waals surface area contributed by atoms with Gasteiger partial charge >= 0.3 is 0 Å². The topological polar surface area (TPSA) is 101 Å². The van der Waals surface area contributed by atoms with Gasteiger partial charge in [-0.3, -0.25) is 19.3 Å². The first-order chi connectivity index (χ1) is 19.4. The molecule has 4 aromatic rings. The van der Waals surface area contributed by atoms with E-state index in [1.54, 1.807) is 25.1 Å². The quantitative estimate of drug-likeness (QED) is 0.305. The Morgan fingerprint density at radius 1 is 1.18 bits per heavy atom. The third kappa shape index (κ3) is 5.91. The number of ether oxygens (including phenoxy) is 2. The van der Waals surface area contributed by atoms with Crippen molar-refractivity contribution in [3.05, 3.63) is 59.6 Å². The summed E-state index contributed by atoms with van der Waals surface area (Å²) < 4.78 is 27.2. The van der Waals surface area contributed by atoms with Crippen molar-refractivity contribution < 1.29 is 18.7 Å². The fraction of sp³-hybridized carbons (Fsp3) is 0.448. The number of H-pyrrole nitrogens is 1. The van der Waals surface area contributed by atoms with Gasteiger partial charge in [-0.25, -0.2) is 14.4 Å². The lowest BCUT2D eigenvalue weighted by atomic mass is 9.99. The van der Waals surface area contributed by atoms with Gasteiger partial charge < -0.3 is 14.5 Å². The summed E-state index contributed by atoms with van der Waals surface area (Å²) in [6.45, 7) is 7.18. The van der Waals surface area contributed by atoms with Crippen LogP contribution in [0, 0.1) is 5.82 Å². The molecule has 0 spiro atoms. The Morgan fingerprint density at radius 3 is 2.73 bits per heavy atom. The van der Waals surface area contributed by atoms with Crippen molar-refractivity contribution in [3.63, 3.8) is 0 Å². The maximum absolute atomic E-state index is 15.0. The van der Waals surface area contributed by atoms with Crippen LogP contribution in [0.25, 0.3) is 22.2 Å². The second-order valence-corrected chi connectivity index (χ2v) is 10.2. The van der Waals surface area contributed by atoms with Gasteiger partial charge in [-0.05, 0) is 12.5 Å². The number of halogens is 1. The molecular weight excluding hydrogens is 513 g/mol. The summed E-state index contributed by atoms with van der Waals surface area (Å²) in [4.78, 5) is 30.0. The summed E-state index contributed by atoms with van der Waals surface area (Å²) in [5.41, 5.74) is 3.35. The molecule has 40 heavy (non-hydrogen) atoms. The Labute approximate surface area is 233 Å². The SMILES string of the molecule is COCCN1CCN([C@H](C)C(=O)Cc2cccc3c(-c4nc(Cc5cn(C)nc5OC)ncc4F)c[nH]c23)CC1. The minimum absolute atomic E-state index is 0.162. The molecule has 5 rings (SSSR count).